The molecule has 0 aromatic rings. The minimum absolute atomic E-state index is 0.00319. The molecule has 0 unspecified atom stereocenters. The molecule has 0 fully saturated rings. The zero-order valence-electron chi connectivity index (χ0n) is 3.53. The van der Waals surface area contributed by atoms with Gasteiger partial charge in [0.25, 0.3) is 0 Å². The van der Waals surface area contributed by atoms with Gasteiger partial charge in [0.15, 0.2) is 5.78 Å². The summed E-state index contributed by atoms with van der Waals surface area (Å²) in [4.78, 5) is 10.1. The molecule has 0 aromatic heterocycles. The van der Waals surface area contributed by atoms with Crippen molar-refractivity contribution < 1.29 is 4.79 Å². The number of allylic oxidation sites excluding steroid dienone is 1. The number of carbonyl (C=O) groups excluding carboxylic acids is 1. The molecule has 0 rings (SSSR count). The van der Waals surface area contributed by atoms with Crippen molar-refractivity contribution in [3.8, 4) is 0 Å². The number of rotatable bonds is 2. The summed E-state index contributed by atoms with van der Waals surface area (Å²) in [5, 5.41) is 0. The number of hydrogen-bond donors (Lipinski definition) is 0. The van der Waals surface area contributed by atoms with Gasteiger partial charge in [0, 0.05) is 5.54 Å². The molecule has 0 radical (unpaired) electrons. The van der Waals surface area contributed by atoms with Gasteiger partial charge < -0.3 is 0 Å². The Morgan fingerprint density at radius 3 is 2.43 bits per heavy atom. The second-order valence-electron chi connectivity index (χ2n) is 0.893. The van der Waals surface area contributed by atoms with Crippen LogP contribution < -0.4 is 0 Å². The minimum Gasteiger partial charge on any atom is -0.293 e. The molecule has 0 amide bonds. The maximum absolute atomic E-state index is 10.1. The second kappa shape index (κ2) is 4.16. The first-order chi connectivity index (χ1) is 3.31. The lowest BCUT2D eigenvalue weighted by Gasteiger charge is -1.75. The summed E-state index contributed by atoms with van der Waals surface area (Å²) < 4.78 is 0. The molecule has 0 atom stereocenters. The van der Waals surface area contributed by atoms with E-state index in [0.717, 1.165) is 5.54 Å². The van der Waals surface area contributed by atoms with E-state index in [-0.39, 0.29) is 11.7 Å². The summed E-state index contributed by atoms with van der Waals surface area (Å²) >= 11 is 10.1. The van der Waals surface area contributed by atoms with Gasteiger partial charge >= 0.3 is 0 Å². The molecule has 7 heavy (non-hydrogen) atoms. The van der Waals surface area contributed by atoms with Crippen molar-refractivity contribution in [2.45, 2.75) is 0 Å². The van der Waals surface area contributed by atoms with Gasteiger partial charge in [0.1, 0.15) is 0 Å². The average Bonchev–Trinajstić information content (AvgIpc) is 1.68. The number of ketones is 1. The molecule has 0 bridgehead atoms. The zero-order chi connectivity index (χ0) is 5.70. The number of halogens is 2. The Kier molecular flexibility index (Phi) is 4.15. The van der Waals surface area contributed by atoms with Gasteiger partial charge in [-0.25, -0.2) is 0 Å². The lowest BCUT2D eigenvalue weighted by molar-refractivity contribution is -0.112. The zero-order valence-corrected chi connectivity index (χ0v) is 5.04. The SMILES string of the molecule is O=C(C=CCl)CCl. The van der Waals surface area contributed by atoms with Crippen LogP contribution in [-0.2, 0) is 4.79 Å². The third-order valence-electron chi connectivity index (χ3n) is 0.381. The Labute approximate surface area is 51.9 Å². The summed E-state index contributed by atoms with van der Waals surface area (Å²) in [6.07, 6.45) is 1.22. The predicted octanol–water partition coefficient (Wildman–Crippen LogP) is 1.55. The summed E-state index contributed by atoms with van der Waals surface area (Å²) in [6, 6.07) is 0. The van der Waals surface area contributed by atoms with Crippen molar-refractivity contribution in [3.05, 3.63) is 11.6 Å². The van der Waals surface area contributed by atoms with Crippen LogP contribution in [0.25, 0.3) is 0 Å². The average molecular weight is 139 g/mol. The number of hydrogen-bond acceptors (Lipinski definition) is 1. The van der Waals surface area contributed by atoms with Crippen LogP contribution in [0.3, 0.4) is 0 Å². The normalized spacial score (nSPS) is 10.0. The fourth-order valence-corrected chi connectivity index (χ4v) is 0.344. The van der Waals surface area contributed by atoms with E-state index in [1.54, 1.807) is 0 Å². The molecule has 0 saturated heterocycles. The van der Waals surface area contributed by atoms with Crippen LogP contribution in [-0.4, -0.2) is 11.7 Å². The highest BCUT2D eigenvalue weighted by Gasteiger charge is 1.86. The van der Waals surface area contributed by atoms with Gasteiger partial charge in [-0.05, 0) is 6.08 Å². The molecular formula is C4H4Cl2O. The quantitative estimate of drug-likeness (QED) is 0.419. The lowest BCUT2D eigenvalue weighted by Crippen LogP contribution is -1.90. The highest BCUT2D eigenvalue weighted by Crippen LogP contribution is 1.83. The Morgan fingerprint density at radius 2 is 2.29 bits per heavy atom. The molecule has 0 aliphatic heterocycles. The summed E-state index contributed by atoms with van der Waals surface area (Å²) in [6.45, 7) is 0. The van der Waals surface area contributed by atoms with Crippen LogP contribution >= 0.6 is 23.2 Å². The highest BCUT2D eigenvalue weighted by molar-refractivity contribution is 6.32. The van der Waals surface area contributed by atoms with E-state index in [1.165, 1.54) is 6.08 Å². The number of carbonyl (C=O) groups is 1. The van der Waals surface area contributed by atoms with Gasteiger partial charge in [0.2, 0.25) is 0 Å². The summed E-state index contributed by atoms with van der Waals surface area (Å²) in [7, 11) is 0. The molecule has 0 aliphatic carbocycles. The Hall–Kier alpha value is -0.0100. The molecule has 0 spiro atoms. The fourth-order valence-electron chi connectivity index (χ4n) is 0.115. The first kappa shape index (κ1) is 6.99. The van der Waals surface area contributed by atoms with E-state index in [2.05, 4.69) is 0 Å². The van der Waals surface area contributed by atoms with E-state index < -0.39 is 0 Å². The molecule has 0 heterocycles. The Morgan fingerprint density at radius 1 is 1.71 bits per heavy atom. The third-order valence-corrected chi connectivity index (χ3v) is 0.770. The van der Waals surface area contributed by atoms with E-state index in [4.69, 9.17) is 23.2 Å². The maximum atomic E-state index is 10.1. The van der Waals surface area contributed by atoms with E-state index in [1.807, 2.05) is 0 Å². The van der Waals surface area contributed by atoms with Gasteiger partial charge in [0.05, 0.1) is 5.88 Å². The van der Waals surface area contributed by atoms with Crippen LogP contribution in [0.1, 0.15) is 0 Å². The standard InChI is InChI=1S/C4H4Cl2O/c5-2-1-4(7)3-6/h1-2H,3H2. The molecular weight excluding hydrogens is 135 g/mol. The molecule has 0 aromatic carbocycles. The Balaban J connectivity index is 3.37. The first-order valence-electron chi connectivity index (χ1n) is 1.67. The molecule has 40 valence electrons. The van der Waals surface area contributed by atoms with Crippen LogP contribution in [0.5, 0.6) is 0 Å². The smallest absolute Gasteiger partial charge is 0.171 e. The summed E-state index contributed by atoms with van der Waals surface area (Å²) in [5.74, 6) is -0.167. The molecule has 0 aliphatic rings. The monoisotopic (exact) mass is 138 g/mol. The lowest BCUT2D eigenvalue weighted by atomic mass is 10.5. The predicted molar refractivity (Wildman–Crippen MR) is 30.7 cm³/mol. The highest BCUT2D eigenvalue weighted by atomic mass is 35.5. The van der Waals surface area contributed by atoms with E-state index in [9.17, 15) is 4.79 Å². The molecule has 0 saturated carbocycles. The molecule has 3 heteroatoms. The largest absolute Gasteiger partial charge is 0.293 e. The minimum atomic E-state index is -0.170. The second-order valence-corrected chi connectivity index (χ2v) is 1.41. The van der Waals surface area contributed by atoms with Crippen molar-refractivity contribution in [3.63, 3.8) is 0 Å². The van der Waals surface area contributed by atoms with Crippen LogP contribution in [0.2, 0.25) is 0 Å². The van der Waals surface area contributed by atoms with Crippen molar-refractivity contribution in [1.82, 2.24) is 0 Å². The van der Waals surface area contributed by atoms with Gasteiger partial charge in [-0.1, -0.05) is 11.6 Å². The molecule has 1 nitrogen and oxygen atoms in total. The fraction of sp³-hybridized carbons (Fsp3) is 0.250. The van der Waals surface area contributed by atoms with Crippen LogP contribution in [0.4, 0.5) is 0 Å². The van der Waals surface area contributed by atoms with Crippen molar-refractivity contribution in [2.75, 3.05) is 5.88 Å². The maximum Gasteiger partial charge on any atom is 0.171 e. The van der Waals surface area contributed by atoms with Crippen molar-refractivity contribution >= 4 is 29.0 Å². The van der Waals surface area contributed by atoms with Gasteiger partial charge in [-0.3, -0.25) is 4.79 Å². The van der Waals surface area contributed by atoms with Gasteiger partial charge in [-0.2, -0.15) is 0 Å². The van der Waals surface area contributed by atoms with Crippen LogP contribution in [0, 0.1) is 0 Å². The van der Waals surface area contributed by atoms with Gasteiger partial charge in [-0.15, -0.1) is 11.6 Å². The third kappa shape index (κ3) is 3.83. The first-order valence-corrected chi connectivity index (χ1v) is 2.64. The van der Waals surface area contributed by atoms with Crippen molar-refractivity contribution in [2.24, 2.45) is 0 Å². The van der Waals surface area contributed by atoms with E-state index in [0.29, 0.717) is 0 Å². The Bertz CT molecular complexity index is 87.7. The number of alkyl halides is 1. The summed E-state index contributed by atoms with van der Waals surface area (Å²) in [5.41, 5.74) is 1.14. The topological polar surface area (TPSA) is 17.1 Å². The molecule has 0 N–H and O–H groups in total. The van der Waals surface area contributed by atoms with E-state index >= 15 is 0 Å². The van der Waals surface area contributed by atoms with Crippen molar-refractivity contribution in [1.29, 1.82) is 0 Å². The van der Waals surface area contributed by atoms with Crippen LogP contribution in [0.15, 0.2) is 11.6 Å².